The van der Waals surface area contributed by atoms with Crippen LogP contribution in [-0.4, -0.2) is 6.04 Å². The predicted molar refractivity (Wildman–Crippen MR) is 52.3 cm³/mol. The summed E-state index contributed by atoms with van der Waals surface area (Å²) in [6, 6.07) is 0.598. The smallest absolute Gasteiger partial charge is 0.0101 e. The monoisotopic (exact) mass is 187 g/mol. The van der Waals surface area contributed by atoms with Crippen molar-refractivity contribution in [3.63, 3.8) is 0 Å². The molecule has 3 saturated carbocycles. The van der Waals surface area contributed by atoms with Gasteiger partial charge in [0.05, 0.1) is 0 Å². The van der Waals surface area contributed by atoms with E-state index in [0.29, 0.717) is 6.04 Å². The summed E-state index contributed by atoms with van der Waals surface area (Å²) < 4.78 is 0. The topological polar surface area (TPSA) is 26.0 Å². The van der Waals surface area contributed by atoms with Crippen molar-refractivity contribution in [1.29, 1.82) is 0 Å². The van der Waals surface area contributed by atoms with Crippen molar-refractivity contribution >= 4 is 12.4 Å². The maximum atomic E-state index is 6.21. The van der Waals surface area contributed by atoms with Gasteiger partial charge in [0.15, 0.2) is 0 Å². The molecule has 0 aliphatic heterocycles. The van der Waals surface area contributed by atoms with Crippen molar-refractivity contribution in [3.8, 4) is 0 Å². The first kappa shape index (κ1) is 8.83. The first-order valence-electron chi connectivity index (χ1n) is 5.12. The van der Waals surface area contributed by atoms with Gasteiger partial charge in [0, 0.05) is 6.04 Å². The van der Waals surface area contributed by atoms with E-state index in [1.54, 1.807) is 0 Å². The van der Waals surface area contributed by atoms with Gasteiger partial charge < -0.3 is 5.73 Å². The second kappa shape index (κ2) is 2.88. The Bertz CT molecular complexity index is 177. The van der Waals surface area contributed by atoms with Crippen molar-refractivity contribution < 1.29 is 0 Å². The lowest BCUT2D eigenvalue weighted by Gasteiger charge is -2.27. The highest BCUT2D eigenvalue weighted by molar-refractivity contribution is 5.85. The predicted octanol–water partition coefficient (Wildman–Crippen LogP) is 2.19. The number of hydrogen-bond acceptors (Lipinski definition) is 1. The third kappa shape index (κ3) is 1.10. The molecule has 0 saturated heterocycles. The first-order chi connectivity index (χ1) is 5.36. The maximum Gasteiger partial charge on any atom is 0.0101 e. The molecule has 0 aromatic heterocycles. The summed E-state index contributed by atoms with van der Waals surface area (Å²) >= 11 is 0. The Morgan fingerprint density at radius 1 is 0.833 bits per heavy atom. The summed E-state index contributed by atoms with van der Waals surface area (Å²) in [6.45, 7) is 0. The molecule has 3 fully saturated rings. The van der Waals surface area contributed by atoms with E-state index in [2.05, 4.69) is 0 Å². The molecule has 4 atom stereocenters. The quantitative estimate of drug-likeness (QED) is 0.669. The number of rotatable bonds is 1. The van der Waals surface area contributed by atoms with Crippen LogP contribution < -0.4 is 5.73 Å². The normalized spacial score (nSPS) is 50.8. The number of halogens is 1. The van der Waals surface area contributed by atoms with Crippen LogP contribution >= 0.6 is 12.4 Å². The van der Waals surface area contributed by atoms with Crippen molar-refractivity contribution in [2.75, 3.05) is 0 Å². The Labute approximate surface area is 80.5 Å². The number of fused-ring (bicyclic) bond motifs is 2. The molecule has 70 valence electrons. The molecule has 3 aliphatic rings. The second-order valence-corrected chi connectivity index (χ2v) is 4.83. The Hall–Kier alpha value is 0.250. The summed E-state index contributed by atoms with van der Waals surface area (Å²) in [5, 5.41) is 0. The molecule has 2 N–H and O–H groups in total. The lowest BCUT2D eigenvalue weighted by atomic mass is 9.82. The van der Waals surface area contributed by atoms with Crippen molar-refractivity contribution in [2.45, 2.75) is 38.1 Å². The highest BCUT2D eigenvalue weighted by Gasteiger charge is 2.51. The van der Waals surface area contributed by atoms with Crippen LogP contribution in [0.5, 0.6) is 0 Å². The SMILES string of the molecule is Cl.N[C@H]1[C@@H]2CC[C@@H](C2)[C@@H]1C1CC1. The van der Waals surface area contributed by atoms with Gasteiger partial charge in [0.2, 0.25) is 0 Å². The van der Waals surface area contributed by atoms with Crippen LogP contribution in [0.2, 0.25) is 0 Å². The van der Waals surface area contributed by atoms with Gasteiger partial charge in [-0.05, 0) is 55.8 Å². The fourth-order valence-corrected chi connectivity index (χ4v) is 3.56. The van der Waals surface area contributed by atoms with Crippen LogP contribution in [0.1, 0.15) is 32.1 Å². The average molecular weight is 188 g/mol. The molecule has 0 radical (unpaired) electrons. The van der Waals surface area contributed by atoms with Gasteiger partial charge in [0.1, 0.15) is 0 Å². The second-order valence-electron chi connectivity index (χ2n) is 4.83. The minimum atomic E-state index is 0. The summed E-state index contributed by atoms with van der Waals surface area (Å²) in [6.07, 6.45) is 7.39. The van der Waals surface area contributed by atoms with Crippen LogP contribution in [0.15, 0.2) is 0 Å². The highest BCUT2D eigenvalue weighted by Crippen LogP contribution is 2.55. The van der Waals surface area contributed by atoms with E-state index in [4.69, 9.17) is 5.73 Å². The molecule has 2 heteroatoms. The molecule has 0 aromatic carbocycles. The lowest BCUT2D eigenvalue weighted by molar-refractivity contribution is 0.258. The Morgan fingerprint density at radius 3 is 1.92 bits per heavy atom. The fraction of sp³-hybridized carbons (Fsp3) is 1.00. The van der Waals surface area contributed by atoms with E-state index in [9.17, 15) is 0 Å². The van der Waals surface area contributed by atoms with Crippen LogP contribution in [0.4, 0.5) is 0 Å². The van der Waals surface area contributed by atoms with Crippen LogP contribution in [0, 0.1) is 23.7 Å². The molecule has 0 aromatic rings. The molecule has 0 spiro atoms. The minimum Gasteiger partial charge on any atom is -0.327 e. The van der Waals surface area contributed by atoms with Crippen LogP contribution in [0.25, 0.3) is 0 Å². The summed E-state index contributed by atoms with van der Waals surface area (Å²) in [5.41, 5.74) is 6.21. The first-order valence-corrected chi connectivity index (χ1v) is 5.12. The zero-order chi connectivity index (χ0) is 7.42. The molecule has 3 rings (SSSR count). The zero-order valence-corrected chi connectivity index (χ0v) is 8.22. The van der Waals surface area contributed by atoms with Gasteiger partial charge in [-0.15, -0.1) is 12.4 Å². The Morgan fingerprint density at radius 2 is 1.42 bits per heavy atom. The molecule has 0 heterocycles. The molecule has 2 bridgehead atoms. The number of hydrogen-bond donors (Lipinski definition) is 1. The van der Waals surface area contributed by atoms with Crippen LogP contribution in [0.3, 0.4) is 0 Å². The van der Waals surface area contributed by atoms with Gasteiger partial charge in [-0.2, -0.15) is 0 Å². The van der Waals surface area contributed by atoms with E-state index in [1.165, 1.54) is 32.1 Å². The van der Waals surface area contributed by atoms with Crippen molar-refractivity contribution in [1.82, 2.24) is 0 Å². The molecule has 0 unspecified atom stereocenters. The Balaban J connectivity index is 0.000000563. The van der Waals surface area contributed by atoms with E-state index in [0.717, 1.165) is 23.7 Å². The van der Waals surface area contributed by atoms with E-state index < -0.39 is 0 Å². The summed E-state index contributed by atoms with van der Waals surface area (Å²) in [4.78, 5) is 0. The van der Waals surface area contributed by atoms with Gasteiger partial charge >= 0.3 is 0 Å². The maximum absolute atomic E-state index is 6.21. The standard InChI is InChI=1S/C10H17N.ClH/c11-10-8-4-3-7(5-8)9(10)6-1-2-6;/h6-10H,1-5,11H2;1H/t7-,8+,9-,10-;/m0./s1. The summed E-state index contributed by atoms with van der Waals surface area (Å²) in [5.74, 6) is 3.97. The van der Waals surface area contributed by atoms with Crippen molar-refractivity contribution in [3.05, 3.63) is 0 Å². The van der Waals surface area contributed by atoms with E-state index in [-0.39, 0.29) is 12.4 Å². The van der Waals surface area contributed by atoms with Gasteiger partial charge in [-0.3, -0.25) is 0 Å². The zero-order valence-electron chi connectivity index (χ0n) is 7.41. The van der Waals surface area contributed by atoms with Crippen LogP contribution in [-0.2, 0) is 0 Å². The number of nitrogens with two attached hydrogens (primary N) is 1. The van der Waals surface area contributed by atoms with E-state index in [1.807, 2.05) is 0 Å². The molecule has 12 heavy (non-hydrogen) atoms. The largest absolute Gasteiger partial charge is 0.327 e. The third-order valence-electron chi connectivity index (χ3n) is 4.21. The fourth-order valence-electron chi connectivity index (χ4n) is 3.56. The highest BCUT2D eigenvalue weighted by atomic mass is 35.5. The lowest BCUT2D eigenvalue weighted by Crippen LogP contribution is -2.36. The van der Waals surface area contributed by atoms with Gasteiger partial charge in [-0.1, -0.05) is 0 Å². The van der Waals surface area contributed by atoms with Gasteiger partial charge in [0.25, 0.3) is 0 Å². The van der Waals surface area contributed by atoms with Gasteiger partial charge in [-0.25, -0.2) is 0 Å². The van der Waals surface area contributed by atoms with E-state index >= 15 is 0 Å². The molecule has 0 amide bonds. The average Bonchev–Trinajstić information content (AvgIpc) is 2.62. The Kier molecular flexibility index (Phi) is 2.12. The van der Waals surface area contributed by atoms with Crippen molar-refractivity contribution in [2.24, 2.45) is 29.4 Å². The molecular formula is C10H18ClN. The minimum absolute atomic E-state index is 0. The third-order valence-corrected chi connectivity index (χ3v) is 4.21. The molecule has 1 nitrogen and oxygen atoms in total. The molecular weight excluding hydrogens is 170 g/mol. The summed E-state index contributed by atoms with van der Waals surface area (Å²) in [7, 11) is 0. The molecule has 3 aliphatic carbocycles.